The molecule has 9 heteroatoms. The first-order valence-electron chi connectivity index (χ1n) is 9.24. The van der Waals surface area contributed by atoms with Gasteiger partial charge < -0.3 is 20.7 Å². The lowest BCUT2D eigenvalue weighted by Crippen LogP contribution is -2.41. The maximum Gasteiger partial charge on any atom is 0.387 e. The SMILES string of the molecule is CCNC(=NCc1cc(C)ccc1OC(F)F)NCCNC(=O)c1cccnc1. The number of carbonyl (C=O) groups is 1. The Hall–Kier alpha value is -3.23. The molecule has 1 amide bonds. The van der Waals surface area contributed by atoms with Crippen LogP contribution >= 0.6 is 0 Å². The van der Waals surface area contributed by atoms with Crippen molar-refractivity contribution in [2.24, 2.45) is 4.99 Å². The Bertz CT molecular complexity index is 816. The van der Waals surface area contributed by atoms with Crippen molar-refractivity contribution in [3.8, 4) is 5.75 Å². The van der Waals surface area contributed by atoms with Gasteiger partial charge in [0.1, 0.15) is 5.75 Å². The van der Waals surface area contributed by atoms with Crippen LogP contribution in [0.2, 0.25) is 0 Å². The van der Waals surface area contributed by atoms with Crippen LogP contribution in [0.25, 0.3) is 0 Å². The van der Waals surface area contributed by atoms with Gasteiger partial charge in [-0.05, 0) is 32.0 Å². The average molecular weight is 405 g/mol. The predicted molar refractivity (Wildman–Crippen MR) is 107 cm³/mol. The van der Waals surface area contributed by atoms with E-state index in [4.69, 9.17) is 0 Å². The minimum Gasteiger partial charge on any atom is -0.434 e. The molecule has 1 aromatic heterocycles. The number of rotatable bonds is 9. The third-order valence-corrected chi connectivity index (χ3v) is 3.81. The van der Waals surface area contributed by atoms with Crippen LogP contribution in [0.4, 0.5) is 8.78 Å². The molecule has 7 nitrogen and oxygen atoms in total. The second-order valence-electron chi connectivity index (χ2n) is 6.11. The van der Waals surface area contributed by atoms with Gasteiger partial charge in [-0.3, -0.25) is 9.78 Å². The van der Waals surface area contributed by atoms with Gasteiger partial charge in [0.25, 0.3) is 5.91 Å². The van der Waals surface area contributed by atoms with Gasteiger partial charge in [0.05, 0.1) is 12.1 Å². The van der Waals surface area contributed by atoms with Crippen LogP contribution in [0, 0.1) is 6.92 Å². The molecule has 0 fully saturated rings. The van der Waals surface area contributed by atoms with Crippen molar-refractivity contribution in [3.05, 3.63) is 59.4 Å². The van der Waals surface area contributed by atoms with Crippen LogP contribution in [-0.4, -0.2) is 43.1 Å². The fourth-order valence-electron chi connectivity index (χ4n) is 2.50. The monoisotopic (exact) mass is 405 g/mol. The summed E-state index contributed by atoms with van der Waals surface area (Å²) in [5, 5.41) is 8.95. The van der Waals surface area contributed by atoms with Crippen molar-refractivity contribution in [3.63, 3.8) is 0 Å². The maximum absolute atomic E-state index is 12.6. The van der Waals surface area contributed by atoms with E-state index < -0.39 is 6.61 Å². The van der Waals surface area contributed by atoms with Gasteiger partial charge in [-0.1, -0.05) is 17.7 Å². The number of amides is 1. The number of hydrogen-bond donors (Lipinski definition) is 3. The molecule has 0 atom stereocenters. The van der Waals surface area contributed by atoms with Gasteiger partial charge in [0, 0.05) is 37.6 Å². The van der Waals surface area contributed by atoms with Gasteiger partial charge in [-0.15, -0.1) is 0 Å². The summed E-state index contributed by atoms with van der Waals surface area (Å²) in [4.78, 5) is 20.3. The molecular formula is C20H25F2N5O2. The molecule has 3 N–H and O–H groups in total. The molecule has 0 aliphatic heterocycles. The Kier molecular flexibility index (Phi) is 8.81. The average Bonchev–Trinajstić information content (AvgIpc) is 2.71. The number of ether oxygens (including phenoxy) is 1. The van der Waals surface area contributed by atoms with Crippen LogP contribution in [0.5, 0.6) is 5.75 Å². The number of alkyl halides is 2. The highest BCUT2D eigenvalue weighted by Crippen LogP contribution is 2.22. The minimum atomic E-state index is -2.89. The van der Waals surface area contributed by atoms with Crippen LogP contribution in [0.15, 0.2) is 47.7 Å². The van der Waals surface area contributed by atoms with Crippen molar-refractivity contribution in [2.75, 3.05) is 19.6 Å². The van der Waals surface area contributed by atoms with Crippen LogP contribution in [-0.2, 0) is 6.54 Å². The molecule has 0 spiro atoms. The van der Waals surface area contributed by atoms with E-state index in [1.165, 1.54) is 12.3 Å². The number of hydrogen-bond acceptors (Lipinski definition) is 4. The molecule has 0 radical (unpaired) electrons. The standard InChI is InChI=1S/C20H25F2N5O2/c1-3-24-20(26-10-9-25-18(28)15-5-4-8-23-12-15)27-13-16-11-14(2)6-7-17(16)29-19(21)22/h4-8,11-12,19H,3,9-10,13H2,1-2H3,(H,25,28)(H2,24,26,27). The lowest BCUT2D eigenvalue weighted by molar-refractivity contribution is -0.0504. The number of nitrogens with one attached hydrogen (secondary N) is 3. The van der Waals surface area contributed by atoms with Crippen LogP contribution in [0.1, 0.15) is 28.4 Å². The number of benzene rings is 1. The largest absolute Gasteiger partial charge is 0.434 e. The highest BCUT2D eigenvalue weighted by molar-refractivity contribution is 5.93. The summed E-state index contributed by atoms with van der Waals surface area (Å²) < 4.78 is 29.7. The first kappa shape index (κ1) is 22.1. The highest BCUT2D eigenvalue weighted by atomic mass is 19.3. The third kappa shape index (κ3) is 7.73. The van der Waals surface area contributed by atoms with E-state index in [2.05, 4.69) is 30.7 Å². The number of aromatic nitrogens is 1. The predicted octanol–water partition coefficient (Wildman–Crippen LogP) is 2.48. The zero-order chi connectivity index (χ0) is 21.1. The zero-order valence-electron chi connectivity index (χ0n) is 16.4. The van der Waals surface area contributed by atoms with E-state index >= 15 is 0 Å². The topological polar surface area (TPSA) is 87.6 Å². The van der Waals surface area contributed by atoms with Gasteiger partial charge in [0.15, 0.2) is 5.96 Å². The number of halogens is 2. The second kappa shape index (κ2) is 11.6. The molecular weight excluding hydrogens is 380 g/mol. The molecule has 0 saturated carbocycles. The summed E-state index contributed by atoms with van der Waals surface area (Å²) in [5.41, 5.74) is 1.97. The summed E-state index contributed by atoms with van der Waals surface area (Å²) in [6, 6.07) is 8.36. The third-order valence-electron chi connectivity index (χ3n) is 3.81. The molecule has 0 aliphatic carbocycles. The lowest BCUT2D eigenvalue weighted by Gasteiger charge is -2.13. The molecule has 2 aromatic rings. The van der Waals surface area contributed by atoms with Crippen molar-refractivity contribution in [1.29, 1.82) is 0 Å². The second-order valence-corrected chi connectivity index (χ2v) is 6.11. The fourth-order valence-corrected chi connectivity index (χ4v) is 2.50. The number of nitrogens with zero attached hydrogens (tertiary/aromatic N) is 2. The first-order valence-corrected chi connectivity index (χ1v) is 9.24. The normalized spacial score (nSPS) is 11.3. The minimum absolute atomic E-state index is 0.105. The number of aryl methyl sites for hydroxylation is 1. The Morgan fingerprint density at radius 3 is 2.69 bits per heavy atom. The van der Waals surface area contributed by atoms with Crippen molar-refractivity contribution >= 4 is 11.9 Å². The van der Waals surface area contributed by atoms with E-state index in [1.54, 1.807) is 30.5 Å². The van der Waals surface area contributed by atoms with E-state index in [9.17, 15) is 13.6 Å². The fraction of sp³-hybridized carbons (Fsp3) is 0.350. The van der Waals surface area contributed by atoms with E-state index in [0.717, 1.165) is 5.56 Å². The summed E-state index contributed by atoms with van der Waals surface area (Å²) in [6.07, 6.45) is 3.10. The van der Waals surface area contributed by atoms with Crippen LogP contribution < -0.4 is 20.7 Å². The van der Waals surface area contributed by atoms with Crippen molar-refractivity contribution in [1.82, 2.24) is 20.9 Å². The lowest BCUT2D eigenvalue weighted by atomic mass is 10.1. The smallest absolute Gasteiger partial charge is 0.387 e. The quantitative estimate of drug-likeness (QED) is 0.339. The maximum atomic E-state index is 12.6. The summed E-state index contributed by atoms with van der Waals surface area (Å²) in [5.74, 6) is 0.400. The van der Waals surface area contributed by atoms with Crippen molar-refractivity contribution < 1.29 is 18.3 Å². The number of guanidine groups is 1. The van der Waals surface area contributed by atoms with Crippen molar-refractivity contribution in [2.45, 2.75) is 27.0 Å². The molecule has 2 rings (SSSR count). The van der Waals surface area contributed by atoms with E-state index in [-0.39, 0.29) is 18.2 Å². The Labute approximate surface area is 168 Å². The Morgan fingerprint density at radius 2 is 2.00 bits per heavy atom. The summed E-state index contributed by atoms with van der Waals surface area (Å²) in [7, 11) is 0. The first-order chi connectivity index (χ1) is 14.0. The van der Waals surface area contributed by atoms with Crippen LogP contribution in [0.3, 0.4) is 0 Å². The Morgan fingerprint density at radius 1 is 1.21 bits per heavy atom. The summed E-state index contributed by atoms with van der Waals surface area (Å²) >= 11 is 0. The van der Waals surface area contributed by atoms with Gasteiger partial charge in [-0.2, -0.15) is 8.78 Å². The van der Waals surface area contributed by atoms with E-state index in [0.29, 0.717) is 36.7 Å². The number of carbonyl (C=O) groups excluding carboxylic acids is 1. The molecule has 156 valence electrons. The van der Waals surface area contributed by atoms with E-state index in [1.807, 2.05) is 13.8 Å². The van der Waals surface area contributed by atoms with Gasteiger partial charge in [-0.25, -0.2) is 4.99 Å². The molecule has 0 saturated heterocycles. The Balaban J connectivity index is 1.91. The molecule has 0 aliphatic rings. The van der Waals surface area contributed by atoms with Gasteiger partial charge >= 0.3 is 6.61 Å². The molecule has 1 aromatic carbocycles. The van der Waals surface area contributed by atoms with Gasteiger partial charge in [0.2, 0.25) is 0 Å². The summed E-state index contributed by atoms with van der Waals surface area (Å²) in [6.45, 7) is 2.50. The number of aliphatic imine (C=N–C) groups is 1. The number of pyridine rings is 1. The highest BCUT2D eigenvalue weighted by Gasteiger charge is 2.10. The molecule has 0 unspecified atom stereocenters. The molecule has 0 bridgehead atoms. The molecule has 1 heterocycles. The molecule has 29 heavy (non-hydrogen) atoms. The zero-order valence-corrected chi connectivity index (χ0v) is 16.4.